The lowest BCUT2D eigenvalue weighted by atomic mass is 10.2. The lowest BCUT2D eigenvalue weighted by Gasteiger charge is -2.10. The van der Waals surface area contributed by atoms with E-state index in [4.69, 9.17) is 4.74 Å². The number of aryl methyl sites for hydroxylation is 1. The Morgan fingerprint density at radius 1 is 1.13 bits per heavy atom. The van der Waals surface area contributed by atoms with Crippen LogP contribution in [-0.4, -0.2) is 36.4 Å². The van der Waals surface area contributed by atoms with Gasteiger partial charge < -0.3 is 15.4 Å². The Morgan fingerprint density at radius 2 is 1.94 bits per heavy atom. The number of carbonyl (C=O) groups is 3. The van der Waals surface area contributed by atoms with Gasteiger partial charge in [0.2, 0.25) is 0 Å². The van der Waals surface area contributed by atoms with Crippen LogP contribution in [0.4, 0.5) is 5.69 Å². The first-order valence-electron chi connectivity index (χ1n) is 9.38. The molecule has 1 aromatic heterocycles. The highest BCUT2D eigenvalue weighted by Crippen LogP contribution is 2.27. The number of amides is 2. The van der Waals surface area contributed by atoms with E-state index >= 15 is 0 Å². The van der Waals surface area contributed by atoms with E-state index in [0.29, 0.717) is 22.6 Å². The molecule has 0 atom stereocenters. The minimum Gasteiger partial charge on any atom is -0.452 e. The zero-order valence-corrected chi connectivity index (χ0v) is 18.6. The number of thiazole rings is 1. The van der Waals surface area contributed by atoms with Crippen molar-refractivity contribution >= 4 is 46.6 Å². The number of carbonyl (C=O) groups excluding carboxylic acids is 3. The second-order valence-electron chi connectivity index (χ2n) is 6.43. The van der Waals surface area contributed by atoms with E-state index in [9.17, 15) is 14.4 Å². The zero-order valence-electron chi connectivity index (χ0n) is 17.0. The SMILES string of the molecule is CNC(=O)c1cccc(NC(=O)COC(=O)c2ccccc2SCc2csc(C)n2)c1. The van der Waals surface area contributed by atoms with Gasteiger partial charge in [-0.1, -0.05) is 18.2 Å². The maximum Gasteiger partial charge on any atom is 0.339 e. The number of nitrogens with zero attached hydrogens (tertiary/aromatic N) is 1. The summed E-state index contributed by atoms with van der Waals surface area (Å²) in [4.78, 5) is 41.6. The maximum atomic E-state index is 12.5. The fraction of sp³-hybridized carbons (Fsp3) is 0.182. The predicted molar refractivity (Wildman–Crippen MR) is 122 cm³/mol. The Hall–Kier alpha value is -3.17. The summed E-state index contributed by atoms with van der Waals surface area (Å²) in [6.07, 6.45) is 0. The second-order valence-corrected chi connectivity index (χ2v) is 8.51. The standard InChI is InChI=1S/C22H21N3O4S2/c1-14-24-17(12-30-14)13-31-19-9-4-3-8-18(19)22(28)29-11-20(26)25-16-7-5-6-15(10-16)21(27)23-2/h3-10,12H,11,13H2,1-2H3,(H,23,27)(H,25,26). The lowest BCUT2D eigenvalue weighted by molar-refractivity contribution is -0.119. The van der Waals surface area contributed by atoms with Crippen molar-refractivity contribution in [3.05, 3.63) is 75.7 Å². The number of thioether (sulfide) groups is 1. The van der Waals surface area contributed by atoms with E-state index in [1.54, 1.807) is 47.7 Å². The molecule has 3 rings (SSSR count). The highest BCUT2D eigenvalue weighted by atomic mass is 32.2. The van der Waals surface area contributed by atoms with Gasteiger partial charge in [-0.05, 0) is 37.3 Å². The molecule has 0 saturated carbocycles. The first kappa shape index (κ1) is 22.5. The van der Waals surface area contributed by atoms with Crippen LogP contribution in [0, 0.1) is 6.92 Å². The average Bonchev–Trinajstić information content (AvgIpc) is 3.21. The van der Waals surface area contributed by atoms with E-state index in [0.717, 1.165) is 15.6 Å². The quantitative estimate of drug-likeness (QED) is 0.395. The summed E-state index contributed by atoms with van der Waals surface area (Å²) >= 11 is 3.07. The second kappa shape index (κ2) is 10.7. The minimum atomic E-state index is -0.577. The molecule has 2 amide bonds. The molecule has 7 nitrogen and oxygen atoms in total. The van der Waals surface area contributed by atoms with Crippen LogP contribution in [0.1, 0.15) is 31.4 Å². The molecule has 3 aromatic rings. The molecule has 160 valence electrons. The molecule has 0 unspecified atom stereocenters. The number of hydrogen-bond acceptors (Lipinski definition) is 7. The summed E-state index contributed by atoms with van der Waals surface area (Å²) in [7, 11) is 1.53. The average molecular weight is 456 g/mol. The van der Waals surface area contributed by atoms with Gasteiger partial charge in [0.1, 0.15) is 0 Å². The molecule has 31 heavy (non-hydrogen) atoms. The first-order chi connectivity index (χ1) is 15.0. The largest absolute Gasteiger partial charge is 0.452 e. The van der Waals surface area contributed by atoms with Crippen molar-refractivity contribution in [2.24, 2.45) is 0 Å². The number of nitrogens with one attached hydrogen (secondary N) is 2. The summed E-state index contributed by atoms with van der Waals surface area (Å²) in [5.41, 5.74) is 2.21. The fourth-order valence-electron chi connectivity index (χ4n) is 2.68. The van der Waals surface area contributed by atoms with Crippen LogP contribution >= 0.6 is 23.1 Å². The van der Waals surface area contributed by atoms with Crippen LogP contribution in [0.3, 0.4) is 0 Å². The molecule has 2 aromatic carbocycles. The molecule has 0 saturated heterocycles. The third-order valence-corrected chi connectivity index (χ3v) is 6.05. The van der Waals surface area contributed by atoms with Gasteiger partial charge in [-0.2, -0.15) is 0 Å². The van der Waals surface area contributed by atoms with Gasteiger partial charge in [0.05, 0.1) is 16.3 Å². The Labute approximate surface area is 188 Å². The highest BCUT2D eigenvalue weighted by molar-refractivity contribution is 7.98. The topological polar surface area (TPSA) is 97.4 Å². The lowest BCUT2D eigenvalue weighted by Crippen LogP contribution is -2.22. The van der Waals surface area contributed by atoms with E-state index in [2.05, 4.69) is 15.6 Å². The number of ether oxygens (including phenoxy) is 1. The molecule has 0 spiro atoms. The zero-order chi connectivity index (χ0) is 22.2. The Morgan fingerprint density at radius 3 is 2.68 bits per heavy atom. The van der Waals surface area contributed by atoms with Crippen LogP contribution in [0.2, 0.25) is 0 Å². The molecular weight excluding hydrogens is 434 g/mol. The summed E-state index contributed by atoms with van der Waals surface area (Å²) in [6.45, 7) is 1.51. The Balaban J connectivity index is 1.57. The van der Waals surface area contributed by atoms with Gasteiger partial charge in [-0.3, -0.25) is 9.59 Å². The van der Waals surface area contributed by atoms with Crippen molar-refractivity contribution in [1.29, 1.82) is 0 Å². The Kier molecular flexibility index (Phi) is 7.80. The first-order valence-corrected chi connectivity index (χ1v) is 11.2. The van der Waals surface area contributed by atoms with Crippen LogP contribution in [0.15, 0.2) is 58.8 Å². The summed E-state index contributed by atoms with van der Waals surface area (Å²) < 4.78 is 5.20. The number of anilines is 1. The molecule has 1 heterocycles. The minimum absolute atomic E-state index is 0.260. The molecule has 0 aliphatic heterocycles. The number of rotatable bonds is 8. The fourth-order valence-corrected chi connectivity index (χ4v) is 4.33. The monoisotopic (exact) mass is 455 g/mol. The molecule has 0 aliphatic rings. The van der Waals surface area contributed by atoms with E-state index in [1.165, 1.54) is 18.8 Å². The van der Waals surface area contributed by atoms with Crippen molar-refractivity contribution in [2.45, 2.75) is 17.6 Å². The molecule has 0 radical (unpaired) electrons. The number of esters is 1. The van der Waals surface area contributed by atoms with Crippen molar-refractivity contribution in [3.63, 3.8) is 0 Å². The van der Waals surface area contributed by atoms with Crippen molar-refractivity contribution in [2.75, 3.05) is 19.0 Å². The van der Waals surface area contributed by atoms with Crippen LogP contribution < -0.4 is 10.6 Å². The third-order valence-electron chi connectivity index (χ3n) is 4.12. The van der Waals surface area contributed by atoms with E-state index < -0.39 is 18.5 Å². The molecule has 9 heteroatoms. The number of hydrogen-bond donors (Lipinski definition) is 2. The number of benzene rings is 2. The van der Waals surface area contributed by atoms with Gasteiger partial charge in [-0.15, -0.1) is 23.1 Å². The van der Waals surface area contributed by atoms with Gasteiger partial charge in [0.25, 0.3) is 11.8 Å². The normalized spacial score (nSPS) is 10.4. The van der Waals surface area contributed by atoms with Gasteiger partial charge >= 0.3 is 5.97 Å². The van der Waals surface area contributed by atoms with Crippen LogP contribution in [-0.2, 0) is 15.3 Å². The summed E-state index contributed by atoms with van der Waals surface area (Å²) in [5, 5.41) is 8.13. The van der Waals surface area contributed by atoms with E-state index in [-0.39, 0.29) is 5.91 Å². The third kappa shape index (κ3) is 6.40. The maximum absolute atomic E-state index is 12.5. The van der Waals surface area contributed by atoms with Crippen molar-refractivity contribution in [3.8, 4) is 0 Å². The van der Waals surface area contributed by atoms with Crippen LogP contribution in [0.25, 0.3) is 0 Å². The Bertz CT molecular complexity index is 1100. The number of aromatic nitrogens is 1. The van der Waals surface area contributed by atoms with Gasteiger partial charge in [0, 0.05) is 34.3 Å². The van der Waals surface area contributed by atoms with Gasteiger partial charge in [-0.25, -0.2) is 9.78 Å². The van der Waals surface area contributed by atoms with Gasteiger partial charge in [0.15, 0.2) is 6.61 Å². The molecular formula is C22H21N3O4S2. The highest BCUT2D eigenvalue weighted by Gasteiger charge is 2.15. The van der Waals surface area contributed by atoms with Crippen LogP contribution in [0.5, 0.6) is 0 Å². The molecule has 0 fully saturated rings. The van der Waals surface area contributed by atoms with Crippen molar-refractivity contribution < 1.29 is 19.1 Å². The summed E-state index contributed by atoms with van der Waals surface area (Å²) in [5.74, 6) is -0.696. The molecule has 0 bridgehead atoms. The summed E-state index contributed by atoms with van der Waals surface area (Å²) in [6, 6.07) is 13.6. The van der Waals surface area contributed by atoms with E-state index in [1.807, 2.05) is 24.4 Å². The van der Waals surface area contributed by atoms with Crippen molar-refractivity contribution in [1.82, 2.24) is 10.3 Å². The molecule has 2 N–H and O–H groups in total. The predicted octanol–water partition coefficient (Wildman–Crippen LogP) is 3.90. The smallest absolute Gasteiger partial charge is 0.339 e. The molecule has 0 aliphatic carbocycles.